The molecule has 2 heterocycles. The van der Waals surface area contributed by atoms with E-state index in [-0.39, 0.29) is 18.0 Å². The number of carbonyl (C=O) groups is 2. The Balaban J connectivity index is 1.78. The van der Waals surface area contributed by atoms with Crippen molar-refractivity contribution in [3.63, 3.8) is 0 Å². The fourth-order valence-electron chi connectivity index (χ4n) is 4.70. The summed E-state index contributed by atoms with van der Waals surface area (Å²) in [6.07, 6.45) is 2.04. The Morgan fingerprint density at radius 2 is 1.67 bits per heavy atom. The molecule has 1 spiro atoms. The normalized spacial score (nSPS) is 20.5. The Bertz CT molecular complexity index is 741. The number of piperidine rings is 1. The zero-order valence-electron chi connectivity index (χ0n) is 18.9. The topological polar surface area (TPSA) is 62.3 Å². The second-order valence-electron chi connectivity index (χ2n) is 8.67. The van der Waals surface area contributed by atoms with Crippen molar-refractivity contribution in [1.82, 2.24) is 14.7 Å². The first-order chi connectivity index (χ1) is 14.3. The van der Waals surface area contributed by atoms with Crippen LogP contribution in [0.25, 0.3) is 0 Å². The molecule has 2 fully saturated rings. The standard InChI is InChI=1S/C23H35N3O4/c1-17(2)26-21(27)23(11-14-24(15-12-23)18(3)16-29-4)25(22(26)28)13-10-19-6-8-20(30-5)9-7-19/h6-9,17-18H,10-16H2,1-5H3. The second-order valence-corrected chi connectivity index (χ2v) is 8.67. The molecule has 2 aliphatic rings. The molecule has 2 aliphatic heterocycles. The average Bonchev–Trinajstić information content (AvgIpc) is 2.93. The van der Waals surface area contributed by atoms with Crippen LogP contribution in [0.15, 0.2) is 24.3 Å². The summed E-state index contributed by atoms with van der Waals surface area (Å²) >= 11 is 0. The molecule has 166 valence electrons. The summed E-state index contributed by atoms with van der Waals surface area (Å²) in [7, 11) is 3.36. The van der Waals surface area contributed by atoms with E-state index in [2.05, 4.69) is 11.8 Å². The number of hydrogen-bond donors (Lipinski definition) is 0. The molecule has 3 rings (SSSR count). The highest BCUT2D eigenvalue weighted by atomic mass is 16.5. The number of urea groups is 1. The molecule has 0 aromatic heterocycles. The number of carbonyl (C=O) groups excluding carboxylic acids is 2. The molecule has 1 aromatic carbocycles. The number of amides is 3. The lowest BCUT2D eigenvalue weighted by Gasteiger charge is -2.44. The zero-order valence-corrected chi connectivity index (χ0v) is 18.9. The number of likely N-dealkylation sites (tertiary alicyclic amines) is 1. The molecule has 3 amide bonds. The smallest absolute Gasteiger partial charge is 0.327 e. The Kier molecular flexibility index (Phi) is 7.03. The van der Waals surface area contributed by atoms with Crippen LogP contribution in [0.1, 0.15) is 39.2 Å². The van der Waals surface area contributed by atoms with Crippen LogP contribution in [0.5, 0.6) is 5.75 Å². The van der Waals surface area contributed by atoms with Crippen molar-refractivity contribution in [3.05, 3.63) is 29.8 Å². The van der Waals surface area contributed by atoms with Gasteiger partial charge in [0.15, 0.2) is 0 Å². The molecule has 0 bridgehead atoms. The lowest BCUT2D eigenvalue weighted by molar-refractivity contribution is -0.137. The van der Waals surface area contributed by atoms with Gasteiger partial charge in [0, 0.05) is 38.8 Å². The number of benzene rings is 1. The maximum Gasteiger partial charge on any atom is 0.327 e. The third-order valence-corrected chi connectivity index (χ3v) is 6.53. The minimum Gasteiger partial charge on any atom is -0.497 e. The Labute approximate surface area is 179 Å². The fourth-order valence-corrected chi connectivity index (χ4v) is 4.70. The fraction of sp³-hybridized carbons (Fsp3) is 0.652. The van der Waals surface area contributed by atoms with Gasteiger partial charge >= 0.3 is 6.03 Å². The molecule has 1 unspecified atom stereocenters. The van der Waals surface area contributed by atoms with Crippen molar-refractivity contribution in [3.8, 4) is 5.75 Å². The average molecular weight is 418 g/mol. The first-order valence-corrected chi connectivity index (χ1v) is 10.8. The van der Waals surface area contributed by atoms with Crippen LogP contribution in [0.3, 0.4) is 0 Å². The van der Waals surface area contributed by atoms with Crippen LogP contribution >= 0.6 is 0 Å². The summed E-state index contributed by atoms with van der Waals surface area (Å²) in [4.78, 5) is 32.4. The van der Waals surface area contributed by atoms with Crippen LogP contribution in [0, 0.1) is 0 Å². The molecule has 0 aliphatic carbocycles. The van der Waals surface area contributed by atoms with Crippen LogP contribution < -0.4 is 4.74 Å². The lowest BCUT2D eigenvalue weighted by atomic mass is 9.85. The van der Waals surface area contributed by atoms with Gasteiger partial charge in [-0.15, -0.1) is 0 Å². The van der Waals surface area contributed by atoms with Gasteiger partial charge in [-0.1, -0.05) is 12.1 Å². The highest BCUT2D eigenvalue weighted by Gasteiger charge is 2.58. The van der Waals surface area contributed by atoms with Crippen molar-refractivity contribution in [2.75, 3.05) is 40.5 Å². The number of methoxy groups -OCH3 is 2. The van der Waals surface area contributed by atoms with Crippen molar-refractivity contribution < 1.29 is 19.1 Å². The second kappa shape index (κ2) is 9.35. The van der Waals surface area contributed by atoms with Gasteiger partial charge in [0.05, 0.1) is 13.7 Å². The number of imide groups is 1. The van der Waals surface area contributed by atoms with E-state index in [1.165, 1.54) is 4.90 Å². The van der Waals surface area contributed by atoms with E-state index in [1.54, 1.807) is 14.2 Å². The number of hydrogen-bond acceptors (Lipinski definition) is 5. The van der Waals surface area contributed by atoms with Crippen molar-refractivity contribution >= 4 is 11.9 Å². The third kappa shape index (κ3) is 4.18. The molecule has 1 aromatic rings. The minimum absolute atomic E-state index is 0.0312. The summed E-state index contributed by atoms with van der Waals surface area (Å²) in [6.45, 7) is 8.74. The van der Waals surface area contributed by atoms with Gasteiger partial charge in [0.2, 0.25) is 0 Å². The Hall–Kier alpha value is -2.12. The predicted molar refractivity (Wildman–Crippen MR) is 116 cm³/mol. The van der Waals surface area contributed by atoms with E-state index in [0.717, 1.165) is 24.4 Å². The van der Waals surface area contributed by atoms with Crippen molar-refractivity contribution in [2.45, 2.75) is 57.7 Å². The van der Waals surface area contributed by atoms with Gasteiger partial charge in [-0.05, 0) is 57.7 Å². The van der Waals surface area contributed by atoms with Gasteiger partial charge in [-0.25, -0.2) is 4.79 Å². The maximum atomic E-state index is 13.4. The maximum absolute atomic E-state index is 13.4. The van der Waals surface area contributed by atoms with E-state index in [9.17, 15) is 9.59 Å². The largest absolute Gasteiger partial charge is 0.497 e. The first-order valence-electron chi connectivity index (χ1n) is 10.8. The SMILES string of the molecule is COCC(C)N1CCC2(CC1)C(=O)N(C(C)C)C(=O)N2CCc1ccc(OC)cc1. The summed E-state index contributed by atoms with van der Waals surface area (Å²) in [5.41, 5.74) is 0.400. The number of rotatable bonds is 8. The van der Waals surface area contributed by atoms with E-state index < -0.39 is 5.54 Å². The predicted octanol–water partition coefficient (Wildman–Crippen LogP) is 2.78. The molecule has 7 heteroatoms. The van der Waals surface area contributed by atoms with E-state index in [4.69, 9.17) is 9.47 Å². The summed E-state index contributed by atoms with van der Waals surface area (Å²) < 4.78 is 10.5. The van der Waals surface area contributed by atoms with Crippen LogP contribution in [-0.4, -0.2) is 84.7 Å². The molecule has 7 nitrogen and oxygen atoms in total. The highest BCUT2D eigenvalue weighted by Crippen LogP contribution is 2.38. The highest BCUT2D eigenvalue weighted by molar-refractivity contribution is 6.07. The van der Waals surface area contributed by atoms with E-state index in [0.29, 0.717) is 38.5 Å². The van der Waals surface area contributed by atoms with Crippen LogP contribution in [0.2, 0.25) is 0 Å². The quantitative estimate of drug-likeness (QED) is 0.609. The molecule has 0 radical (unpaired) electrons. The number of nitrogens with zero attached hydrogens (tertiary/aromatic N) is 3. The van der Waals surface area contributed by atoms with Gasteiger partial charge in [-0.3, -0.25) is 14.6 Å². The Morgan fingerprint density at radius 1 is 1.03 bits per heavy atom. The first kappa shape index (κ1) is 22.6. The van der Waals surface area contributed by atoms with Gasteiger partial charge in [0.1, 0.15) is 11.3 Å². The number of ether oxygens (including phenoxy) is 2. The van der Waals surface area contributed by atoms with Crippen LogP contribution in [0.4, 0.5) is 4.79 Å². The molecule has 30 heavy (non-hydrogen) atoms. The Morgan fingerprint density at radius 3 is 2.20 bits per heavy atom. The monoisotopic (exact) mass is 417 g/mol. The van der Waals surface area contributed by atoms with E-state index >= 15 is 0 Å². The third-order valence-electron chi connectivity index (χ3n) is 6.53. The van der Waals surface area contributed by atoms with Crippen molar-refractivity contribution in [1.29, 1.82) is 0 Å². The van der Waals surface area contributed by atoms with E-state index in [1.807, 2.05) is 43.0 Å². The lowest BCUT2D eigenvalue weighted by Crippen LogP contribution is -2.58. The zero-order chi connectivity index (χ0) is 21.9. The van der Waals surface area contributed by atoms with Gasteiger partial charge in [-0.2, -0.15) is 0 Å². The van der Waals surface area contributed by atoms with Crippen molar-refractivity contribution in [2.24, 2.45) is 0 Å². The molecule has 1 atom stereocenters. The molecular weight excluding hydrogens is 382 g/mol. The molecule has 0 N–H and O–H groups in total. The molecule has 0 saturated carbocycles. The molecule has 2 saturated heterocycles. The molecular formula is C23H35N3O4. The minimum atomic E-state index is -0.725. The summed E-state index contributed by atoms with van der Waals surface area (Å²) in [5.74, 6) is 0.780. The van der Waals surface area contributed by atoms with Gasteiger partial charge < -0.3 is 14.4 Å². The summed E-state index contributed by atoms with van der Waals surface area (Å²) in [6, 6.07) is 7.90. The summed E-state index contributed by atoms with van der Waals surface area (Å²) in [5, 5.41) is 0. The van der Waals surface area contributed by atoms with Gasteiger partial charge in [0.25, 0.3) is 5.91 Å². The van der Waals surface area contributed by atoms with Crippen LogP contribution in [-0.2, 0) is 16.0 Å².